The number of likely N-dealkylation sites (tertiary alicyclic amines) is 1. The highest BCUT2D eigenvalue weighted by Crippen LogP contribution is 2.40. The van der Waals surface area contributed by atoms with E-state index in [1.807, 2.05) is 32.9 Å². The highest BCUT2D eigenvalue weighted by atomic mass is 16.6. The lowest BCUT2D eigenvalue weighted by molar-refractivity contribution is -0.132. The van der Waals surface area contributed by atoms with Crippen LogP contribution in [-0.4, -0.2) is 74.4 Å². The van der Waals surface area contributed by atoms with Crippen LogP contribution < -0.4 is 14.5 Å². The number of anilines is 2. The van der Waals surface area contributed by atoms with Gasteiger partial charge in [0, 0.05) is 46.1 Å². The van der Waals surface area contributed by atoms with Gasteiger partial charge in [0.15, 0.2) is 5.60 Å². The van der Waals surface area contributed by atoms with Crippen molar-refractivity contribution in [3.63, 3.8) is 0 Å². The van der Waals surface area contributed by atoms with E-state index in [4.69, 9.17) is 14.2 Å². The molecule has 0 aromatic heterocycles. The molecule has 2 heterocycles. The van der Waals surface area contributed by atoms with Crippen molar-refractivity contribution in [2.45, 2.75) is 65.1 Å². The number of methoxy groups -OCH3 is 1. The van der Waals surface area contributed by atoms with E-state index >= 15 is 0 Å². The molecule has 1 atom stereocenters. The van der Waals surface area contributed by atoms with Crippen LogP contribution in [0.15, 0.2) is 18.2 Å². The van der Waals surface area contributed by atoms with Gasteiger partial charge in [0.05, 0.1) is 11.6 Å². The fraction of sp³-hybridized carbons (Fsp3) is 0.654. The molecule has 194 valence electrons. The molecule has 1 fully saturated rings. The Balaban J connectivity index is 1.78. The SMILES string of the molecule is COCCCN1C(=O)C(C)(C)Oc2ccc(N(C)C(=O)[C@@H]3CCCN(C(=O)OC(C)(C)C)C3)cc21. The maximum Gasteiger partial charge on any atom is 0.410 e. The standard InChI is InChI=1S/C26H39N3O6/c1-25(2,3)35-24(32)28-13-8-10-18(17-28)22(30)27(6)19-11-12-21-20(16-19)29(14-9-15-33-7)23(31)26(4,5)34-21/h11-12,16,18H,8-10,13-15,17H2,1-7H3/t18-/m1/s1. The number of benzene rings is 1. The minimum atomic E-state index is -0.976. The molecule has 0 unspecified atom stereocenters. The summed E-state index contributed by atoms with van der Waals surface area (Å²) in [6, 6.07) is 5.45. The number of amides is 3. The quantitative estimate of drug-likeness (QED) is 0.564. The fourth-order valence-corrected chi connectivity index (χ4v) is 4.43. The van der Waals surface area contributed by atoms with Crippen molar-refractivity contribution in [1.29, 1.82) is 0 Å². The van der Waals surface area contributed by atoms with Gasteiger partial charge in [-0.15, -0.1) is 0 Å². The smallest absolute Gasteiger partial charge is 0.410 e. The molecule has 3 amide bonds. The number of fused-ring (bicyclic) bond motifs is 1. The number of hydrogen-bond donors (Lipinski definition) is 0. The fourth-order valence-electron chi connectivity index (χ4n) is 4.43. The van der Waals surface area contributed by atoms with Crippen molar-refractivity contribution >= 4 is 29.3 Å². The molecule has 1 aromatic carbocycles. The zero-order valence-corrected chi connectivity index (χ0v) is 22.1. The molecule has 1 aromatic rings. The maximum absolute atomic E-state index is 13.4. The number of carbonyl (C=O) groups excluding carboxylic acids is 3. The second-order valence-electron chi connectivity index (χ2n) is 10.7. The van der Waals surface area contributed by atoms with Gasteiger partial charge in [0.2, 0.25) is 5.91 Å². The zero-order chi connectivity index (χ0) is 26.0. The summed E-state index contributed by atoms with van der Waals surface area (Å²) >= 11 is 0. The number of rotatable bonds is 6. The number of hydrogen-bond acceptors (Lipinski definition) is 6. The Hall–Kier alpha value is -2.81. The molecule has 0 aliphatic carbocycles. The molecular weight excluding hydrogens is 450 g/mol. The van der Waals surface area contributed by atoms with E-state index in [9.17, 15) is 14.4 Å². The predicted octanol–water partition coefficient (Wildman–Crippen LogP) is 3.84. The molecular formula is C26H39N3O6. The van der Waals surface area contributed by atoms with E-state index in [0.29, 0.717) is 56.2 Å². The largest absolute Gasteiger partial charge is 0.476 e. The first-order chi connectivity index (χ1) is 16.3. The van der Waals surface area contributed by atoms with Crippen molar-refractivity contribution in [3.8, 4) is 5.75 Å². The maximum atomic E-state index is 13.4. The molecule has 0 radical (unpaired) electrons. The van der Waals surface area contributed by atoms with Gasteiger partial charge in [-0.1, -0.05) is 0 Å². The van der Waals surface area contributed by atoms with Crippen molar-refractivity contribution in [2.75, 3.05) is 50.2 Å². The molecule has 2 aliphatic rings. The zero-order valence-electron chi connectivity index (χ0n) is 22.1. The first-order valence-corrected chi connectivity index (χ1v) is 12.2. The van der Waals surface area contributed by atoms with Crippen molar-refractivity contribution in [1.82, 2.24) is 4.90 Å². The average Bonchev–Trinajstić information content (AvgIpc) is 2.79. The Labute approximate surface area is 208 Å². The number of piperidine rings is 1. The second kappa shape index (κ2) is 10.4. The molecule has 0 bridgehead atoms. The van der Waals surface area contributed by atoms with Crippen LogP contribution in [0.5, 0.6) is 5.75 Å². The van der Waals surface area contributed by atoms with Crippen LogP contribution in [0.4, 0.5) is 16.2 Å². The minimum absolute atomic E-state index is 0.0764. The molecule has 0 spiro atoms. The van der Waals surface area contributed by atoms with E-state index in [0.717, 1.165) is 6.42 Å². The van der Waals surface area contributed by atoms with Crippen LogP contribution in [0.2, 0.25) is 0 Å². The lowest BCUT2D eigenvalue weighted by atomic mass is 9.96. The Morgan fingerprint density at radius 2 is 1.97 bits per heavy atom. The molecule has 0 saturated carbocycles. The lowest BCUT2D eigenvalue weighted by Gasteiger charge is -2.39. The predicted molar refractivity (Wildman–Crippen MR) is 134 cm³/mol. The summed E-state index contributed by atoms with van der Waals surface area (Å²) in [4.78, 5) is 43.9. The molecule has 35 heavy (non-hydrogen) atoms. The Morgan fingerprint density at radius 1 is 1.26 bits per heavy atom. The molecule has 0 N–H and O–H groups in total. The third kappa shape index (κ3) is 6.25. The van der Waals surface area contributed by atoms with E-state index in [-0.39, 0.29) is 17.7 Å². The summed E-state index contributed by atoms with van der Waals surface area (Å²) in [5, 5.41) is 0. The Kier molecular flexibility index (Phi) is 7.99. The van der Waals surface area contributed by atoms with Crippen molar-refractivity contribution < 1.29 is 28.6 Å². The Morgan fingerprint density at radius 3 is 2.63 bits per heavy atom. The topological polar surface area (TPSA) is 88.6 Å². The van der Waals surface area contributed by atoms with Crippen LogP contribution >= 0.6 is 0 Å². The van der Waals surface area contributed by atoms with E-state index < -0.39 is 17.3 Å². The summed E-state index contributed by atoms with van der Waals surface area (Å²) in [6.07, 6.45) is 1.72. The normalized spacial score (nSPS) is 19.6. The van der Waals surface area contributed by atoms with Gasteiger partial charge in [-0.3, -0.25) is 9.59 Å². The van der Waals surface area contributed by atoms with Gasteiger partial charge in [-0.25, -0.2) is 4.79 Å². The average molecular weight is 490 g/mol. The van der Waals surface area contributed by atoms with Gasteiger partial charge in [0.25, 0.3) is 5.91 Å². The van der Waals surface area contributed by atoms with Gasteiger partial charge in [0.1, 0.15) is 11.4 Å². The van der Waals surface area contributed by atoms with Crippen molar-refractivity contribution in [2.24, 2.45) is 5.92 Å². The highest BCUT2D eigenvalue weighted by Gasteiger charge is 2.41. The lowest BCUT2D eigenvalue weighted by Crippen LogP contribution is -2.53. The molecule has 9 nitrogen and oxygen atoms in total. The third-order valence-electron chi connectivity index (χ3n) is 6.23. The first kappa shape index (κ1) is 26.8. The minimum Gasteiger partial charge on any atom is -0.476 e. The summed E-state index contributed by atoms with van der Waals surface area (Å²) in [6.45, 7) is 10.9. The monoisotopic (exact) mass is 489 g/mol. The summed E-state index contributed by atoms with van der Waals surface area (Å²) in [7, 11) is 3.36. The molecule has 9 heteroatoms. The third-order valence-corrected chi connectivity index (χ3v) is 6.23. The van der Waals surface area contributed by atoms with Crippen molar-refractivity contribution in [3.05, 3.63) is 18.2 Å². The van der Waals surface area contributed by atoms with Crippen LogP contribution in [0, 0.1) is 5.92 Å². The van der Waals surface area contributed by atoms with Crippen LogP contribution in [0.3, 0.4) is 0 Å². The molecule has 1 saturated heterocycles. The van der Waals surface area contributed by atoms with Gasteiger partial charge < -0.3 is 28.9 Å². The summed E-state index contributed by atoms with van der Waals surface area (Å²) in [5.41, 5.74) is -0.258. The van der Waals surface area contributed by atoms with Gasteiger partial charge >= 0.3 is 6.09 Å². The van der Waals surface area contributed by atoms with Gasteiger partial charge in [-0.05, 0) is 72.1 Å². The molecule has 2 aliphatic heterocycles. The first-order valence-electron chi connectivity index (χ1n) is 12.2. The van der Waals surface area contributed by atoms with Crippen LogP contribution in [-0.2, 0) is 19.1 Å². The van der Waals surface area contributed by atoms with Crippen LogP contribution in [0.25, 0.3) is 0 Å². The number of ether oxygens (including phenoxy) is 3. The number of nitrogens with zero attached hydrogens (tertiary/aromatic N) is 3. The second-order valence-corrected chi connectivity index (χ2v) is 10.7. The number of carbonyl (C=O) groups is 3. The molecule has 3 rings (SSSR count). The van der Waals surface area contributed by atoms with Crippen LogP contribution in [0.1, 0.15) is 53.9 Å². The van der Waals surface area contributed by atoms with E-state index in [1.54, 1.807) is 48.8 Å². The summed E-state index contributed by atoms with van der Waals surface area (Å²) < 4.78 is 16.6. The van der Waals surface area contributed by atoms with E-state index in [2.05, 4.69) is 0 Å². The van der Waals surface area contributed by atoms with E-state index in [1.165, 1.54) is 0 Å². The summed E-state index contributed by atoms with van der Waals surface area (Å²) in [5.74, 6) is 0.0670. The van der Waals surface area contributed by atoms with Gasteiger partial charge in [-0.2, -0.15) is 0 Å². The Bertz CT molecular complexity index is 955. The highest BCUT2D eigenvalue weighted by molar-refractivity contribution is 6.03.